The number of aliphatic hydroxyl groups is 1. The number of fused-ring (bicyclic) bond motifs is 1. The molecule has 1 fully saturated rings. The van der Waals surface area contributed by atoms with E-state index in [9.17, 15) is 14.7 Å². The molecule has 9 heteroatoms. The molecule has 0 saturated carbocycles. The van der Waals surface area contributed by atoms with Crippen LogP contribution in [0.5, 0.6) is 17.2 Å². The number of methoxy groups -OCH3 is 2. The van der Waals surface area contributed by atoms with E-state index in [0.717, 1.165) is 24.0 Å². The summed E-state index contributed by atoms with van der Waals surface area (Å²) in [5, 5.41) is 11.8. The average Bonchev–Trinajstić information content (AvgIpc) is 3.52. The van der Waals surface area contributed by atoms with Crippen LogP contribution in [0.15, 0.2) is 72.3 Å². The van der Waals surface area contributed by atoms with Crippen LogP contribution in [0.4, 0.5) is 5.13 Å². The lowest BCUT2D eigenvalue weighted by Gasteiger charge is -2.23. The summed E-state index contributed by atoms with van der Waals surface area (Å²) < 4.78 is 17.3. The van der Waals surface area contributed by atoms with Gasteiger partial charge in [-0.2, -0.15) is 0 Å². The summed E-state index contributed by atoms with van der Waals surface area (Å²) >= 11 is 1.28. The fourth-order valence-electron chi connectivity index (χ4n) is 4.69. The molecule has 0 spiro atoms. The van der Waals surface area contributed by atoms with Crippen molar-refractivity contribution in [1.82, 2.24) is 4.98 Å². The van der Waals surface area contributed by atoms with Gasteiger partial charge in [-0.3, -0.25) is 14.5 Å². The van der Waals surface area contributed by atoms with Gasteiger partial charge in [0.15, 0.2) is 5.13 Å². The lowest BCUT2D eigenvalue weighted by molar-refractivity contribution is -0.132. The molecule has 1 atom stereocenters. The molecule has 1 aliphatic heterocycles. The number of hydrogen-bond acceptors (Lipinski definition) is 8. The van der Waals surface area contributed by atoms with Gasteiger partial charge in [-0.05, 0) is 66.6 Å². The fourth-order valence-corrected chi connectivity index (χ4v) is 5.71. The maximum absolute atomic E-state index is 13.6. The van der Waals surface area contributed by atoms with Crippen LogP contribution in [0.1, 0.15) is 43.4 Å². The van der Waals surface area contributed by atoms with Gasteiger partial charge in [0.1, 0.15) is 23.0 Å². The predicted molar refractivity (Wildman–Crippen MR) is 155 cm³/mol. The third kappa shape index (κ3) is 5.24. The van der Waals surface area contributed by atoms with E-state index in [2.05, 4.69) is 11.9 Å². The predicted octanol–water partition coefficient (Wildman–Crippen LogP) is 6.51. The highest BCUT2D eigenvalue weighted by atomic mass is 32.1. The largest absolute Gasteiger partial charge is 0.507 e. The second-order valence-corrected chi connectivity index (χ2v) is 10.4. The van der Waals surface area contributed by atoms with Crippen LogP contribution in [0.3, 0.4) is 0 Å². The summed E-state index contributed by atoms with van der Waals surface area (Å²) in [6, 6.07) is 18.5. The van der Waals surface area contributed by atoms with Gasteiger partial charge in [0.25, 0.3) is 5.78 Å². The molecule has 1 saturated heterocycles. The number of nitrogens with zero attached hydrogens (tertiary/aromatic N) is 2. The molecule has 4 aromatic rings. The number of unbranched alkanes of at least 4 members (excludes halogenated alkanes) is 2. The highest BCUT2D eigenvalue weighted by Gasteiger charge is 2.48. The van der Waals surface area contributed by atoms with Crippen molar-refractivity contribution in [3.8, 4) is 17.2 Å². The van der Waals surface area contributed by atoms with E-state index in [1.54, 1.807) is 44.6 Å². The number of carbonyl (C=O) groups is 2. The van der Waals surface area contributed by atoms with Gasteiger partial charge in [0, 0.05) is 5.56 Å². The van der Waals surface area contributed by atoms with Crippen LogP contribution in [0.2, 0.25) is 0 Å². The topological polar surface area (TPSA) is 98.2 Å². The number of carbonyl (C=O) groups excluding carboxylic acids is 2. The van der Waals surface area contributed by atoms with Crippen molar-refractivity contribution in [2.75, 3.05) is 25.7 Å². The molecule has 206 valence electrons. The maximum atomic E-state index is 13.6. The summed E-state index contributed by atoms with van der Waals surface area (Å²) in [6.07, 6.45) is 3.06. The number of hydrogen-bond donors (Lipinski definition) is 1. The van der Waals surface area contributed by atoms with E-state index < -0.39 is 17.7 Å². The standard InChI is InChI=1S/C31H30N2O6S/c1-4-5-6-16-39-23-9-7-8-20(17-23)27-26(28(34)19-10-12-21(37-2)13-11-19)29(35)30(36)33(27)31-32-24-15-14-22(38-3)18-25(24)40-31/h7-15,17-18,27,34H,4-6,16H2,1-3H3. The summed E-state index contributed by atoms with van der Waals surface area (Å²) in [5.74, 6) is 0.0631. The number of ketones is 1. The Morgan fingerprint density at radius 1 is 0.950 bits per heavy atom. The summed E-state index contributed by atoms with van der Waals surface area (Å²) in [6.45, 7) is 2.69. The molecular formula is C31H30N2O6S. The first-order chi connectivity index (χ1) is 19.4. The van der Waals surface area contributed by atoms with Crippen LogP contribution in [0, 0.1) is 0 Å². The Balaban J connectivity index is 1.63. The van der Waals surface area contributed by atoms with Gasteiger partial charge in [-0.25, -0.2) is 4.98 Å². The zero-order valence-corrected chi connectivity index (χ0v) is 23.4. The smallest absolute Gasteiger partial charge is 0.301 e. The van der Waals surface area contributed by atoms with Gasteiger partial charge < -0.3 is 19.3 Å². The molecule has 1 N–H and O–H groups in total. The van der Waals surface area contributed by atoms with Crippen molar-refractivity contribution in [2.45, 2.75) is 32.2 Å². The van der Waals surface area contributed by atoms with Crippen LogP contribution in [-0.2, 0) is 9.59 Å². The van der Waals surface area contributed by atoms with Crippen molar-refractivity contribution in [2.24, 2.45) is 0 Å². The normalized spacial score (nSPS) is 16.5. The van der Waals surface area contributed by atoms with Crippen LogP contribution in [-0.4, -0.2) is 42.6 Å². The molecule has 40 heavy (non-hydrogen) atoms. The molecule has 1 amide bonds. The molecule has 1 unspecified atom stereocenters. The van der Waals surface area contributed by atoms with Gasteiger partial charge in [-0.1, -0.05) is 43.2 Å². The molecule has 2 heterocycles. The molecule has 1 aromatic heterocycles. The first-order valence-corrected chi connectivity index (χ1v) is 13.9. The monoisotopic (exact) mass is 558 g/mol. The SMILES string of the molecule is CCCCCOc1cccc(C2C(=C(O)c3ccc(OC)cc3)C(=O)C(=O)N2c2nc3ccc(OC)cc3s2)c1. The van der Waals surface area contributed by atoms with Gasteiger partial charge >= 0.3 is 5.91 Å². The number of thiazole rings is 1. The quantitative estimate of drug-likeness (QED) is 0.103. The van der Waals surface area contributed by atoms with Gasteiger partial charge in [0.05, 0.1) is 42.7 Å². The second-order valence-electron chi connectivity index (χ2n) is 9.36. The average molecular weight is 559 g/mol. The minimum absolute atomic E-state index is 0.0184. The highest BCUT2D eigenvalue weighted by molar-refractivity contribution is 7.22. The first kappa shape index (κ1) is 27.2. The number of Topliss-reactive ketones (excluding diaryl/α,β-unsaturated/α-hetero) is 1. The number of aromatic nitrogens is 1. The Morgan fingerprint density at radius 2 is 1.70 bits per heavy atom. The Hall–Kier alpha value is -4.37. The van der Waals surface area contributed by atoms with E-state index >= 15 is 0 Å². The number of aliphatic hydroxyl groups excluding tert-OH is 1. The molecular weight excluding hydrogens is 528 g/mol. The minimum Gasteiger partial charge on any atom is -0.507 e. The third-order valence-electron chi connectivity index (χ3n) is 6.79. The number of ether oxygens (including phenoxy) is 3. The van der Waals surface area contributed by atoms with Gasteiger partial charge in [0.2, 0.25) is 0 Å². The highest BCUT2D eigenvalue weighted by Crippen LogP contribution is 2.45. The van der Waals surface area contributed by atoms with E-state index in [0.29, 0.717) is 45.6 Å². The Bertz CT molecular complexity index is 1580. The van der Waals surface area contributed by atoms with Crippen molar-refractivity contribution >= 4 is 44.1 Å². The first-order valence-electron chi connectivity index (χ1n) is 13.1. The Morgan fingerprint density at radius 3 is 2.42 bits per heavy atom. The van der Waals surface area contributed by atoms with Crippen LogP contribution >= 0.6 is 11.3 Å². The minimum atomic E-state index is -0.913. The summed E-state index contributed by atoms with van der Waals surface area (Å²) in [7, 11) is 3.13. The molecule has 0 bridgehead atoms. The van der Waals surface area contributed by atoms with Crippen molar-refractivity contribution in [3.63, 3.8) is 0 Å². The van der Waals surface area contributed by atoms with E-state index in [1.165, 1.54) is 16.2 Å². The van der Waals surface area contributed by atoms with Crippen molar-refractivity contribution < 1.29 is 28.9 Å². The van der Waals surface area contributed by atoms with Crippen LogP contribution in [0.25, 0.3) is 16.0 Å². The zero-order valence-electron chi connectivity index (χ0n) is 22.5. The van der Waals surface area contributed by atoms with E-state index in [-0.39, 0.29) is 11.3 Å². The molecule has 5 rings (SSSR count). The van der Waals surface area contributed by atoms with Crippen LogP contribution < -0.4 is 19.1 Å². The lowest BCUT2D eigenvalue weighted by atomic mass is 9.95. The van der Waals surface area contributed by atoms with E-state index in [4.69, 9.17) is 14.2 Å². The Kier molecular flexibility index (Phi) is 8.02. The van der Waals surface area contributed by atoms with Crippen molar-refractivity contribution in [1.29, 1.82) is 0 Å². The lowest BCUT2D eigenvalue weighted by Crippen LogP contribution is -2.29. The fraction of sp³-hybridized carbons (Fsp3) is 0.258. The second kappa shape index (κ2) is 11.8. The van der Waals surface area contributed by atoms with Crippen molar-refractivity contribution in [3.05, 3.63) is 83.4 Å². The molecule has 3 aromatic carbocycles. The van der Waals surface area contributed by atoms with Gasteiger partial charge in [-0.15, -0.1) is 0 Å². The third-order valence-corrected chi connectivity index (χ3v) is 7.81. The number of amides is 1. The molecule has 1 aliphatic rings. The molecule has 8 nitrogen and oxygen atoms in total. The maximum Gasteiger partial charge on any atom is 0.301 e. The van der Waals surface area contributed by atoms with E-state index in [1.807, 2.05) is 36.4 Å². The molecule has 0 radical (unpaired) electrons. The summed E-state index contributed by atoms with van der Waals surface area (Å²) in [4.78, 5) is 33.2. The number of rotatable bonds is 10. The zero-order chi connectivity index (χ0) is 28.2. The molecule has 0 aliphatic carbocycles. The summed E-state index contributed by atoms with van der Waals surface area (Å²) in [5.41, 5.74) is 1.67. The Labute approximate surface area is 236 Å². The number of benzene rings is 3. The number of anilines is 1.